The Kier molecular flexibility index (Phi) is 6.78. The lowest BCUT2D eigenvalue weighted by molar-refractivity contribution is -0.117. The molecule has 0 aliphatic heterocycles. The van der Waals surface area contributed by atoms with Gasteiger partial charge in [0.2, 0.25) is 5.91 Å². The fourth-order valence-electron chi connectivity index (χ4n) is 3.62. The average Bonchev–Trinajstić information content (AvgIpc) is 2.88. The van der Waals surface area contributed by atoms with Gasteiger partial charge in [-0.05, 0) is 83.9 Å². The number of rotatable bonds is 7. The molecule has 0 heterocycles. The van der Waals surface area contributed by atoms with Crippen molar-refractivity contribution in [2.45, 2.75) is 12.8 Å². The molecule has 0 fully saturated rings. The van der Waals surface area contributed by atoms with Gasteiger partial charge in [-0.2, -0.15) is 0 Å². The number of carbonyl (C=O) groups excluding carboxylic acids is 2. The van der Waals surface area contributed by atoms with Gasteiger partial charge in [-0.3, -0.25) is 9.59 Å². The smallest absolute Gasteiger partial charge is 0.255 e. The second kappa shape index (κ2) is 10.1. The van der Waals surface area contributed by atoms with Crippen molar-refractivity contribution in [3.63, 3.8) is 0 Å². The molecule has 6 nitrogen and oxygen atoms in total. The fraction of sp³-hybridized carbons (Fsp3) is 0.143. The van der Waals surface area contributed by atoms with Crippen LogP contribution in [0.15, 0.2) is 84.9 Å². The van der Waals surface area contributed by atoms with Gasteiger partial charge in [0, 0.05) is 16.9 Å². The number of methoxy groups -OCH3 is 2. The van der Waals surface area contributed by atoms with E-state index in [0.29, 0.717) is 16.9 Å². The van der Waals surface area contributed by atoms with E-state index in [1.54, 1.807) is 62.8 Å². The first-order chi connectivity index (χ1) is 16.5. The van der Waals surface area contributed by atoms with Crippen LogP contribution in [0.1, 0.15) is 28.8 Å². The van der Waals surface area contributed by atoms with Crippen LogP contribution in [0.4, 0.5) is 11.4 Å². The molecule has 1 atom stereocenters. The van der Waals surface area contributed by atoms with Crippen molar-refractivity contribution in [3.05, 3.63) is 96.1 Å². The highest BCUT2D eigenvalue weighted by Gasteiger charge is 2.16. The number of nitrogens with one attached hydrogen (secondary N) is 2. The van der Waals surface area contributed by atoms with E-state index in [1.165, 1.54) is 0 Å². The number of hydrogen-bond acceptors (Lipinski definition) is 4. The van der Waals surface area contributed by atoms with Crippen LogP contribution in [0, 0.1) is 0 Å². The van der Waals surface area contributed by atoms with Crippen LogP contribution in [0.3, 0.4) is 0 Å². The molecule has 0 bridgehead atoms. The molecule has 172 valence electrons. The number of amides is 2. The quantitative estimate of drug-likeness (QED) is 0.367. The van der Waals surface area contributed by atoms with E-state index in [1.807, 2.05) is 43.3 Å². The normalized spacial score (nSPS) is 11.5. The number of anilines is 2. The maximum atomic E-state index is 12.8. The molecule has 0 radical (unpaired) electrons. The minimum atomic E-state index is -0.343. The van der Waals surface area contributed by atoms with Gasteiger partial charge >= 0.3 is 0 Å². The molecule has 0 aliphatic rings. The maximum absolute atomic E-state index is 12.8. The van der Waals surface area contributed by atoms with Crippen LogP contribution < -0.4 is 20.1 Å². The summed E-state index contributed by atoms with van der Waals surface area (Å²) in [5.41, 5.74) is 2.71. The summed E-state index contributed by atoms with van der Waals surface area (Å²) in [4.78, 5) is 25.3. The minimum absolute atomic E-state index is 0.122. The van der Waals surface area contributed by atoms with Crippen molar-refractivity contribution in [2.75, 3.05) is 24.9 Å². The summed E-state index contributed by atoms with van der Waals surface area (Å²) in [6, 6.07) is 25.7. The van der Waals surface area contributed by atoms with Crippen molar-refractivity contribution in [1.29, 1.82) is 0 Å². The summed E-state index contributed by atoms with van der Waals surface area (Å²) in [6.07, 6.45) is 0. The molecule has 0 spiro atoms. The minimum Gasteiger partial charge on any atom is -0.497 e. The molecule has 6 heteroatoms. The molecule has 4 aromatic carbocycles. The number of ether oxygens (including phenoxy) is 2. The largest absolute Gasteiger partial charge is 0.497 e. The first-order valence-electron chi connectivity index (χ1n) is 10.9. The molecule has 0 saturated carbocycles. The van der Waals surface area contributed by atoms with E-state index < -0.39 is 0 Å². The zero-order chi connectivity index (χ0) is 24.1. The van der Waals surface area contributed by atoms with Gasteiger partial charge in [-0.1, -0.05) is 24.3 Å². The van der Waals surface area contributed by atoms with Crippen molar-refractivity contribution < 1.29 is 19.1 Å². The number of hydrogen-bond donors (Lipinski definition) is 2. The molecule has 4 rings (SSSR count). The number of carbonyl (C=O) groups is 2. The first kappa shape index (κ1) is 22.9. The third kappa shape index (κ3) is 5.18. The topological polar surface area (TPSA) is 76.7 Å². The second-order valence-electron chi connectivity index (χ2n) is 7.94. The highest BCUT2D eigenvalue weighted by atomic mass is 16.5. The zero-order valence-electron chi connectivity index (χ0n) is 19.3. The highest BCUT2D eigenvalue weighted by Crippen LogP contribution is 2.26. The van der Waals surface area contributed by atoms with Gasteiger partial charge in [0.05, 0.1) is 20.1 Å². The van der Waals surface area contributed by atoms with Crippen molar-refractivity contribution in [1.82, 2.24) is 0 Å². The van der Waals surface area contributed by atoms with E-state index in [4.69, 9.17) is 9.47 Å². The van der Waals surface area contributed by atoms with Gasteiger partial charge in [0.15, 0.2) is 0 Å². The van der Waals surface area contributed by atoms with Gasteiger partial charge in [-0.25, -0.2) is 0 Å². The lowest BCUT2D eigenvalue weighted by Crippen LogP contribution is -2.19. The van der Waals surface area contributed by atoms with Crippen LogP contribution in [-0.2, 0) is 4.79 Å². The summed E-state index contributed by atoms with van der Waals surface area (Å²) < 4.78 is 10.4. The summed E-state index contributed by atoms with van der Waals surface area (Å²) >= 11 is 0. The summed E-state index contributed by atoms with van der Waals surface area (Å²) in [5.74, 6) is 0.820. The highest BCUT2D eigenvalue weighted by molar-refractivity contribution is 6.05. The van der Waals surface area contributed by atoms with Gasteiger partial charge in [0.25, 0.3) is 5.91 Å². The van der Waals surface area contributed by atoms with E-state index in [2.05, 4.69) is 10.6 Å². The molecule has 2 N–H and O–H groups in total. The molecule has 2 amide bonds. The average molecular weight is 455 g/mol. The first-order valence-corrected chi connectivity index (χ1v) is 10.9. The zero-order valence-corrected chi connectivity index (χ0v) is 19.3. The lowest BCUT2D eigenvalue weighted by atomic mass is 9.97. The summed E-state index contributed by atoms with van der Waals surface area (Å²) in [7, 11) is 3.23. The Labute approximate surface area is 198 Å². The van der Waals surface area contributed by atoms with Gasteiger partial charge in [0.1, 0.15) is 11.5 Å². The number of benzene rings is 4. The van der Waals surface area contributed by atoms with E-state index in [0.717, 1.165) is 27.8 Å². The van der Waals surface area contributed by atoms with Crippen LogP contribution in [0.2, 0.25) is 0 Å². The van der Waals surface area contributed by atoms with Crippen molar-refractivity contribution >= 4 is 34.0 Å². The molecule has 34 heavy (non-hydrogen) atoms. The van der Waals surface area contributed by atoms with E-state index in [9.17, 15) is 9.59 Å². The Morgan fingerprint density at radius 2 is 1.24 bits per heavy atom. The third-order valence-corrected chi connectivity index (χ3v) is 5.73. The van der Waals surface area contributed by atoms with Crippen LogP contribution >= 0.6 is 0 Å². The maximum Gasteiger partial charge on any atom is 0.255 e. The van der Waals surface area contributed by atoms with E-state index in [-0.39, 0.29) is 17.7 Å². The predicted octanol–water partition coefficient (Wildman–Crippen LogP) is 5.85. The molecular formula is C28H26N2O4. The van der Waals surface area contributed by atoms with Crippen LogP contribution in [0.5, 0.6) is 11.5 Å². The fourth-order valence-corrected chi connectivity index (χ4v) is 3.62. The molecular weight excluding hydrogens is 428 g/mol. The monoisotopic (exact) mass is 454 g/mol. The molecule has 0 aliphatic carbocycles. The van der Waals surface area contributed by atoms with Crippen molar-refractivity contribution in [2.24, 2.45) is 0 Å². The lowest BCUT2D eigenvalue weighted by Gasteiger charge is -2.14. The number of fused-ring (bicyclic) bond motifs is 1. The Morgan fingerprint density at radius 1 is 0.676 bits per heavy atom. The summed E-state index contributed by atoms with van der Waals surface area (Å²) in [6.45, 7) is 1.87. The Morgan fingerprint density at radius 3 is 1.91 bits per heavy atom. The second-order valence-corrected chi connectivity index (χ2v) is 7.94. The van der Waals surface area contributed by atoms with Crippen molar-refractivity contribution in [3.8, 4) is 11.5 Å². The Balaban J connectivity index is 1.39. The molecule has 0 saturated heterocycles. The predicted molar refractivity (Wildman–Crippen MR) is 135 cm³/mol. The molecule has 0 unspecified atom stereocenters. The van der Waals surface area contributed by atoms with Gasteiger partial charge < -0.3 is 20.1 Å². The SMILES string of the molecule is COc1ccc(NC(=O)c2ccc(NC(=O)[C@@H](C)c3ccc4cc(OC)ccc4c3)cc2)cc1. The summed E-state index contributed by atoms with van der Waals surface area (Å²) in [5, 5.41) is 7.87. The Bertz CT molecular complexity index is 1310. The standard InChI is InChI=1S/C28H26N2O4/c1-18(20-4-5-22-17-26(34-3)13-8-21(22)16-20)27(31)29-23-9-6-19(7-10-23)28(32)30-24-11-14-25(33-2)15-12-24/h4-18H,1-3H3,(H,29,31)(H,30,32)/t18-/m0/s1. The molecule has 0 aromatic heterocycles. The Hall–Kier alpha value is -4.32. The van der Waals surface area contributed by atoms with Gasteiger partial charge in [-0.15, -0.1) is 0 Å². The van der Waals surface area contributed by atoms with Crippen LogP contribution in [0.25, 0.3) is 10.8 Å². The third-order valence-electron chi connectivity index (χ3n) is 5.73. The van der Waals surface area contributed by atoms with Crippen LogP contribution in [-0.4, -0.2) is 26.0 Å². The molecule has 4 aromatic rings. The van der Waals surface area contributed by atoms with E-state index >= 15 is 0 Å².